The second-order valence-electron chi connectivity index (χ2n) is 6.33. The highest BCUT2D eigenvalue weighted by atomic mass is 16.2. The molecule has 16 heavy (non-hydrogen) atoms. The summed E-state index contributed by atoms with van der Waals surface area (Å²) in [6.07, 6.45) is 2.70. The van der Waals surface area contributed by atoms with Crippen LogP contribution in [0.3, 0.4) is 0 Å². The molecule has 94 valence electrons. The van der Waals surface area contributed by atoms with Crippen molar-refractivity contribution in [3.05, 3.63) is 0 Å². The molecule has 1 amide bonds. The maximum atomic E-state index is 12.1. The van der Waals surface area contributed by atoms with Crippen molar-refractivity contribution in [2.75, 3.05) is 13.1 Å². The van der Waals surface area contributed by atoms with Crippen LogP contribution in [0.1, 0.15) is 47.0 Å². The lowest BCUT2D eigenvalue weighted by atomic mass is 9.81. The van der Waals surface area contributed by atoms with E-state index < -0.39 is 0 Å². The minimum atomic E-state index is 0.109. The monoisotopic (exact) mass is 226 g/mol. The molecule has 0 radical (unpaired) electrons. The first-order valence-corrected chi connectivity index (χ1v) is 6.33. The number of nitrogens with two attached hydrogens (primary N) is 1. The van der Waals surface area contributed by atoms with Crippen LogP contribution in [-0.4, -0.2) is 29.9 Å². The highest BCUT2D eigenvalue weighted by Gasteiger charge is 2.29. The van der Waals surface area contributed by atoms with E-state index in [0.29, 0.717) is 12.3 Å². The lowest BCUT2D eigenvalue weighted by Crippen LogP contribution is -2.34. The quantitative estimate of drug-likeness (QED) is 0.797. The molecule has 3 heteroatoms. The van der Waals surface area contributed by atoms with Crippen molar-refractivity contribution in [2.45, 2.75) is 53.0 Å². The van der Waals surface area contributed by atoms with E-state index >= 15 is 0 Å². The van der Waals surface area contributed by atoms with Crippen LogP contribution < -0.4 is 5.73 Å². The average molecular weight is 226 g/mol. The van der Waals surface area contributed by atoms with Gasteiger partial charge in [-0.15, -0.1) is 0 Å². The van der Waals surface area contributed by atoms with Crippen LogP contribution in [-0.2, 0) is 4.79 Å². The maximum Gasteiger partial charge on any atom is 0.223 e. The Morgan fingerprint density at radius 1 is 1.50 bits per heavy atom. The molecule has 0 bridgehead atoms. The molecule has 1 atom stereocenters. The van der Waals surface area contributed by atoms with Crippen molar-refractivity contribution < 1.29 is 4.79 Å². The second-order valence-corrected chi connectivity index (χ2v) is 6.33. The zero-order valence-electron chi connectivity index (χ0n) is 11.1. The summed E-state index contributed by atoms with van der Waals surface area (Å²) in [6.45, 7) is 10.4. The summed E-state index contributed by atoms with van der Waals surface area (Å²) in [7, 11) is 0. The van der Waals surface area contributed by atoms with E-state index in [9.17, 15) is 4.79 Å². The van der Waals surface area contributed by atoms with Gasteiger partial charge in [0.2, 0.25) is 5.91 Å². The van der Waals surface area contributed by atoms with Crippen molar-refractivity contribution in [1.29, 1.82) is 0 Å². The predicted octanol–water partition coefficient (Wildman–Crippen LogP) is 2.01. The first-order chi connectivity index (χ1) is 7.30. The first-order valence-electron chi connectivity index (χ1n) is 6.33. The number of amides is 1. The molecule has 1 rings (SSSR count). The van der Waals surface area contributed by atoms with Crippen LogP contribution in [0.25, 0.3) is 0 Å². The maximum absolute atomic E-state index is 12.1. The topological polar surface area (TPSA) is 46.3 Å². The third-order valence-electron chi connectivity index (χ3n) is 3.17. The standard InChI is InChI=1S/C13H26N2O/c1-10(2)7-13(3,4)8-12(16)15-6-5-11(14)9-15/h10-11H,5-9,14H2,1-4H3. The van der Waals surface area contributed by atoms with Crippen molar-refractivity contribution in [3.63, 3.8) is 0 Å². The molecule has 0 aliphatic carbocycles. The molecule has 1 unspecified atom stereocenters. The largest absolute Gasteiger partial charge is 0.341 e. The summed E-state index contributed by atoms with van der Waals surface area (Å²) < 4.78 is 0. The molecule has 1 fully saturated rings. The highest BCUT2D eigenvalue weighted by molar-refractivity contribution is 5.77. The molecule has 0 aromatic heterocycles. The lowest BCUT2D eigenvalue weighted by Gasteiger charge is -2.28. The lowest BCUT2D eigenvalue weighted by molar-refractivity contribution is -0.132. The van der Waals surface area contributed by atoms with Gasteiger partial charge in [0, 0.05) is 25.6 Å². The van der Waals surface area contributed by atoms with E-state index in [0.717, 1.165) is 25.9 Å². The van der Waals surface area contributed by atoms with Gasteiger partial charge in [0.15, 0.2) is 0 Å². The van der Waals surface area contributed by atoms with Gasteiger partial charge in [-0.05, 0) is 24.2 Å². The summed E-state index contributed by atoms with van der Waals surface area (Å²) in [4.78, 5) is 14.0. The molecular formula is C13H26N2O. The minimum Gasteiger partial charge on any atom is -0.341 e. The van der Waals surface area contributed by atoms with Crippen LogP contribution >= 0.6 is 0 Å². The molecule has 1 saturated heterocycles. The molecule has 0 saturated carbocycles. The second kappa shape index (κ2) is 5.17. The van der Waals surface area contributed by atoms with Crippen molar-refractivity contribution in [2.24, 2.45) is 17.1 Å². The fraction of sp³-hybridized carbons (Fsp3) is 0.923. The normalized spacial score (nSPS) is 21.9. The Hall–Kier alpha value is -0.570. The van der Waals surface area contributed by atoms with Crippen LogP contribution in [0.15, 0.2) is 0 Å². The zero-order valence-corrected chi connectivity index (χ0v) is 11.1. The number of nitrogens with zero attached hydrogens (tertiary/aromatic N) is 1. The predicted molar refractivity (Wildman–Crippen MR) is 67.0 cm³/mol. The van der Waals surface area contributed by atoms with Gasteiger partial charge in [0.25, 0.3) is 0 Å². The summed E-state index contributed by atoms with van der Waals surface area (Å²) in [5, 5.41) is 0. The Labute approximate surface area is 99.4 Å². The van der Waals surface area contributed by atoms with Gasteiger partial charge in [0.1, 0.15) is 0 Å². The Balaban J connectivity index is 2.44. The van der Waals surface area contributed by atoms with Gasteiger partial charge < -0.3 is 10.6 Å². The fourth-order valence-electron chi connectivity index (χ4n) is 2.71. The minimum absolute atomic E-state index is 0.109. The molecular weight excluding hydrogens is 200 g/mol. The Bertz CT molecular complexity index is 248. The number of hydrogen-bond acceptors (Lipinski definition) is 2. The number of hydrogen-bond donors (Lipinski definition) is 1. The van der Waals surface area contributed by atoms with E-state index in [1.807, 2.05) is 4.90 Å². The van der Waals surface area contributed by atoms with Crippen LogP contribution in [0.5, 0.6) is 0 Å². The molecule has 3 nitrogen and oxygen atoms in total. The summed E-state index contributed by atoms with van der Waals surface area (Å²) in [5.41, 5.74) is 5.92. The Morgan fingerprint density at radius 3 is 2.56 bits per heavy atom. The molecule has 1 heterocycles. The van der Waals surface area contributed by atoms with Gasteiger partial charge in [0.05, 0.1) is 0 Å². The highest BCUT2D eigenvalue weighted by Crippen LogP contribution is 2.30. The zero-order chi connectivity index (χ0) is 12.3. The Morgan fingerprint density at radius 2 is 2.12 bits per heavy atom. The third kappa shape index (κ3) is 4.12. The van der Waals surface area contributed by atoms with E-state index in [1.165, 1.54) is 0 Å². The van der Waals surface area contributed by atoms with E-state index in [2.05, 4.69) is 27.7 Å². The number of rotatable bonds is 4. The van der Waals surface area contributed by atoms with Crippen molar-refractivity contribution in [3.8, 4) is 0 Å². The number of likely N-dealkylation sites (tertiary alicyclic amines) is 1. The van der Waals surface area contributed by atoms with E-state index in [4.69, 9.17) is 5.73 Å². The van der Waals surface area contributed by atoms with Gasteiger partial charge in [-0.3, -0.25) is 4.79 Å². The third-order valence-corrected chi connectivity index (χ3v) is 3.17. The summed E-state index contributed by atoms with van der Waals surface area (Å²) >= 11 is 0. The molecule has 0 aromatic rings. The van der Waals surface area contributed by atoms with Crippen LogP contribution in [0.2, 0.25) is 0 Å². The number of carbonyl (C=O) groups excluding carboxylic acids is 1. The first kappa shape index (κ1) is 13.5. The molecule has 0 aromatic carbocycles. The molecule has 1 aliphatic rings. The van der Waals surface area contributed by atoms with Crippen molar-refractivity contribution >= 4 is 5.91 Å². The van der Waals surface area contributed by atoms with E-state index in [1.54, 1.807) is 0 Å². The molecule has 2 N–H and O–H groups in total. The fourth-order valence-corrected chi connectivity index (χ4v) is 2.71. The van der Waals surface area contributed by atoms with Crippen LogP contribution in [0.4, 0.5) is 0 Å². The summed E-state index contributed by atoms with van der Waals surface area (Å²) in [5.74, 6) is 0.919. The van der Waals surface area contributed by atoms with Gasteiger partial charge in [-0.1, -0.05) is 27.7 Å². The summed E-state index contributed by atoms with van der Waals surface area (Å²) in [6, 6.07) is 0.192. The van der Waals surface area contributed by atoms with Gasteiger partial charge in [-0.2, -0.15) is 0 Å². The van der Waals surface area contributed by atoms with E-state index in [-0.39, 0.29) is 17.4 Å². The SMILES string of the molecule is CC(C)CC(C)(C)CC(=O)N1CCC(N)C1. The van der Waals surface area contributed by atoms with Gasteiger partial charge in [-0.25, -0.2) is 0 Å². The van der Waals surface area contributed by atoms with Gasteiger partial charge >= 0.3 is 0 Å². The Kier molecular flexibility index (Phi) is 4.36. The smallest absolute Gasteiger partial charge is 0.223 e. The van der Waals surface area contributed by atoms with Crippen LogP contribution in [0, 0.1) is 11.3 Å². The average Bonchev–Trinajstić information content (AvgIpc) is 2.47. The van der Waals surface area contributed by atoms with Crippen molar-refractivity contribution in [1.82, 2.24) is 4.90 Å². The molecule has 0 spiro atoms. The number of carbonyl (C=O) groups is 1. The molecule has 1 aliphatic heterocycles.